The van der Waals surface area contributed by atoms with Crippen LogP contribution in [0.4, 0.5) is 4.39 Å². The van der Waals surface area contributed by atoms with Crippen LogP contribution in [0, 0.1) is 11.7 Å². The number of amides is 2. The lowest BCUT2D eigenvalue weighted by Gasteiger charge is -2.32. The molecule has 2 aromatic heterocycles. The van der Waals surface area contributed by atoms with Crippen LogP contribution < -0.4 is 5.32 Å². The molecule has 2 N–H and O–H groups in total. The smallest absolute Gasteiger partial charge is 0.267 e. The van der Waals surface area contributed by atoms with E-state index in [1.54, 1.807) is 24.5 Å². The van der Waals surface area contributed by atoms with Gasteiger partial charge in [-0.1, -0.05) is 18.9 Å². The Morgan fingerprint density at radius 2 is 2.00 bits per heavy atom. The number of pyridine rings is 1. The van der Waals surface area contributed by atoms with Crippen LogP contribution in [0.5, 0.6) is 0 Å². The molecule has 1 aromatic carbocycles. The highest BCUT2D eigenvalue weighted by Gasteiger charge is 2.23. The van der Waals surface area contributed by atoms with E-state index in [-0.39, 0.29) is 17.6 Å². The Hall–Kier alpha value is -3.22. The van der Waals surface area contributed by atoms with Crippen molar-refractivity contribution in [3.63, 3.8) is 0 Å². The predicted molar refractivity (Wildman–Crippen MR) is 117 cm³/mol. The lowest BCUT2D eigenvalue weighted by Crippen LogP contribution is -2.38. The van der Waals surface area contributed by atoms with Crippen molar-refractivity contribution in [2.45, 2.75) is 32.1 Å². The SMILES string of the molecule is O=C(NCCCCC1CCN(C(=O)c2cccc(F)c2)CC1)c1cc2cnccc2[nH]1. The second-order valence-electron chi connectivity index (χ2n) is 8.14. The van der Waals surface area contributed by atoms with Gasteiger partial charge < -0.3 is 15.2 Å². The number of rotatable bonds is 7. The molecule has 31 heavy (non-hydrogen) atoms. The summed E-state index contributed by atoms with van der Waals surface area (Å²) in [7, 11) is 0. The number of carbonyl (C=O) groups is 2. The molecule has 3 heterocycles. The van der Waals surface area contributed by atoms with Crippen LogP contribution in [-0.4, -0.2) is 46.3 Å². The van der Waals surface area contributed by atoms with Crippen molar-refractivity contribution in [1.29, 1.82) is 0 Å². The van der Waals surface area contributed by atoms with Crippen LogP contribution >= 0.6 is 0 Å². The first-order valence-corrected chi connectivity index (χ1v) is 10.9. The maximum Gasteiger partial charge on any atom is 0.267 e. The quantitative estimate of drug-likeness (QED) is 0.562. The number of piperidine rings is 1. The van der Waals surface area contributed by atoms with Crippen molar-refractivity contribution in [3.05, 3.63) is 65.9 Å². The Kier molecular flexibility index (Phi) is 6.60. The van der Waals surface area contributed by atoms with Crippen molar-refractivity contribution in [2.24, 2.45) is 5.92 Å². The van der Waals surface area contributed by atoms with Crippen LogP contribution in [0.1, 0.15) is 53.0 Å². The van der Waals surface area contributed by atoms with E-state index in [1.807, 2.05) is 17.0 Å². The topological polar surface area (TPSA) is 78.1 Å². The van der Waals surface area contributed by atoms with E-state index in [0.29, 0.717) is 36.8 Å². The fourth-order valence-electron chi connectivity index (χ4n) is 4.18. The molecule has 0 bridgehead atoms. The van der Waals surface area contributed by atoms with Gasteiger partial charge in [0.2, 0.25) is 0 Å². The number of hydrogen-bond acceptors (Lipinski definition) is 3. The summed E-state index contributed by atoms with van der Waals surface area (Å²) in [6.07, 6.45) is 8.43. The van der Waals surface area contributed by atoms with Crippen molar-refractivity contribution >= 4 is 22.7 Å². The van der Waals surface area contributed by atoms with Gasteiger partial charge in [-0.25, -0.2) is 4.39 Å². The van der Waals surface area contributed by atoms with E-state index < -0.39 is 0 Å². The molecule has 7 heteroatoms. The van der Waals surface area contributed by atoms with E-state index in [0.717, 1.165) is 43.0 Å². The molecule has 0 atom stereocenters. The van der Waals surface area contributed by atoms with Gasteiger partial charge >= 0.3 is 0 Å². The Balaban J connectivity index is 1.14. The highest BCUT2D eigenvalue weighted by atomic mass is 19.1. The normalized spacial score (nSPS) is 14.7. The Bertz CT molecular complexity index is 1020. The Labute approximate surface area is 180 Å². The van der Waals surface area contributed by atoms with Crippen molar-refractivity contribution in [3.8, 4) is 0 Å². The number of halogens is 1. The summed E-state index contributed by atoms with van der Waals surface area (Å²) in [6.45, 7) is 2.07. The molecular weight excluding hydrogens is 395 g/mol. The molecule has 1 fully saturated rings. The Morgan fingerprint density at radius 3 is 2.77 bits per heavy atom. The summed E-state index contributed by atoms with van der Waals surface area (Å²) in [5.74, 6) is 0.0247. The molecule has 1 aliphatic heterocycles. The summed E-state index contributed by atoms with van der Waals surface area (Å²) in [5.41, 5.74) is 1.88. The molecule has 0 saturated carbocycles. The third kappa shape index (κ3) is 5.29. The average molecular weight is 423 g/mol. The fourth-order valence-corrected chi connectivity index (χ4v) is 4.18. The first-order chi connectivity index (χ1) is 15.1. The molecule has 0 radical (unpaired) electrons. The van der Waals surface area contributed by atoms with Gasteiger partial charge in [-0.2, -0.15) is 0 Å². The molecular formula is C24H27FN4O2. The zero-order valence-electron chi connectivity index (χ0n) is 17.4. The van der Waals surface area contributed by atoms with Crippen LogP contribution in [0.15, 0.2) is 48.8 Å². The van der Waals surface area contributed by atoms with E-state index in [2.05, 4.69) is 15.3 Å². The number of H-pyrrole nitrogens is 1. The van der Waals surface area contributed by atoms with Gasteiger partial charge in [0.15, 0.2) is 0 Å². The molecule has 0 unspecified atom stereocenters. The molecule has 162 valence electrons. The van der Waals surface area contributed by atoms with Gasteiger partial charge in [-0.15, -0.1) is 0 Å². The first kappa shape index (κ1) is 21.0. The highest BCUT2D eigenvalue weighted by Crippen LogP contribution is 2.24. The lowest BCUT2D eigenvalue weighted by atomic mass is 9.91. The van der Waals surface area contributed by atoms with Crippen LogP contribution in [0.2, 0.25) is 0 Å². The zero-order chi connectivity index (χ0) is 21.6. The number of carbonyl (C=O) groups excluding carboxylic acids is 2. The van der Waals surface area contributed by atoms with E-state index in [4.69, 9.17) is 0 Å². The van der Waals surface area contributed by atoms with E-state index in [9.17, 15) is 14.0 Å². The van der Waals surface area contributed by atoms with Crippen LogP contribution in [-0.2, 0) is 0 Å². The molecule has 1 aliphatic rings. The van der Waals surface area contributed by atoms with Crippen molar-refractivity contribution in [1.82, 2.24) is 20.2 Å². The van der Waals surface area contributed by atoms with Gasteiger partial charge in [0.25, 0.3) is 11.8 Å². The number of nitrogens with zero attached hydrogens (tertiary/aromatic N) is 2. The van der Waals surface area contributed by atoms with Gasteiger partial charge in [-0.05, 0) is 55.5 Å². The number of likely N-dealkylation sites (tertiary alicyclic amines) is 1. The molecule has 0 spiro atoms. The minimum atomic E-state index is -0.380. The summed E-state index contributed by atoms with van der Waals surface area (Å²) in [6, 6.07) is 9.56. The van der Waals surface area contributed by atoms with Gasteiger partial charge in [0.1, 0.15) is 11.5 Å². The molecule has 3 aromatic rings. The van der Waals surface area contributed by atoms with Crippen LogP contribution in [0.25, 0.3) is 10.9 Å². The second-order valence-corrected chi connectivity index (χ2v) is 8.14. The largest absolute Gasteiger partial charge is 0.351 e. The van der Waals surface area contributed by atoms with Gasteiger partial charge in [-0.3, -0.25) is 14.6 Å². The number of unbranched alkanes of at least 4 members (excludes halogenated alkanes) is 1. The maximum atomic E-state index is 13.4. The summed E-state index contributed by atoms with van der Waals surface area (Å²) < 4.78 is 13.4. The molecule has 6 nitrogen and oxygen atoms in total. The van der Waals surface area contributed by atoms with E-state index in [1.165, 1.54) is 12.1 Å². The molecule has 1 saturated heterocycles. The number of fused-ring (bicyclic) bond motifs is 1. The highest BCUT2D eigenvalue weighted by molar-refractivity contribution is 5.97. The third-order valence-electron chi connectivity index (χ3n) is 5.96. The molecule has 4 rings (SSSR count). The van der Waals surface area contributed by atoms with Crippen molar-refractivity contribution < 1.29 is 14.0 Å². The number of aromatic nitrogens is 2. The van der Waals surface area contributed by atoms with E-state index >= 15 is 0 Å². The monoisotopic (exact) mass is 422 g/mol. The minimum absolute atomic E-state index is 0.0894. The fraction of sp³-hybridized carbons (Fsp3) is 0.375. The number of nitrogens with one attached hydrogen (secondary N) is 2. The second kappa shape index (κ2) is 9.73. The molecule has 0 aliphatic carbocycles. The first-order valence-electron chi connectivity index (χ1n) is 10.9. The predicted octanol–water partition coefficient (Wildman–Crippen LogP) is 4.15. The standard InChI is InChI=1S/C24H27FN4O2/c25-20-6-3-5-18(14-20)24(31)29-12-8-17(9-13-29)4-1-2-10-27-23(30)22-15-19-16-26-11-7-21(19)28-22/h3,5-7,11,14-17,28H,1-2,4,8-10,12-13H2,(H,27,30). The zero-order valence-corrected chi connectivity index (χ0v) is 17.4. The lowest BCUT2D eigenvalue weighted by molar-refractivity contribution is 0.0685. The summed E-state index contributed by atoms with van der Waals surface area (Å²) >= 11 is 0. The summed E-state index contributed by atoms with van der Waals surface area (Å²) in [5, 5.41) is 3.89. The number of benzene rings is 1. The van der Waals surface area contributed by atoms with Gasteiger partial charge in [0.05, 0.1) is 0 Å². The minimum Gasteiger partial charge on any atom is -0.351 e. The maximum absolute atomic E-state index is 13.4. The summed E-state index contributed by atoms with van der Waals surface area (Å²) in [4.78, 5) is 33.8. The van der Waals surface area contributed by atoms with Crippen LogP contribution in [0.3, 0.4) is 0 Å². The number of aromatic amines is 1. The molecule has 2 amide bonds. The number of hydrogen-bond donors (Lipinski definition) is 2. The van der Waals surface area contributed by atoms with Crippen molar-refractivity contribution in [2.75, 3.05) is 19.6 Å². The third-order valence-corrected chi connectivity index (χ3v) is 5.96. The van der Waals surface area contributed by atoms with Gasteiger partial charge in [0, 0.05) is 48.5 Å². The Morgan fingerprint density at radius 1 is 1.16 bits per heavy atom. The average Bonchev–Trinajstić information content (AvgIpc) is 3.23.